The average molecular weight is 351 g/mol. The minimum atomic E-state index is 0.622. The lowest BCUT2D eigenvalue weighted by molar-refractivity contribution is 0.622. The van der Waals surface area contributed by atoms with Crippen molar-refractivity contribution in [3.63, 3.8) is 0 Å². The zero-order chi connectivity index (χ0) is 16.5. The summed E-state index contributed by atoms with van der Waals surface area (Å²) in [5, 5.41) is 7.90. The van der Waals surface area contributed by atoms with Gasteiger partial charge in [0.25, 0.3) is 0 Å². The highest BCUT2D eigenvalue weighted by molar-refractivity contribution is 6.42. The van der Waals surface area contributed by atoms with Gasteiger partial charge in [-0.25, -0.2) is 0 Å². The molecule has 2 aromatic carbocycles. The van der Waals surface area contributed by atoms with E-state index in [0.29, 0.717) is 10.0 Å². The van der Waals surface area contributed by atoms with Gasteiger partial charge in [-0.2, -0.15) is 0 Å². The van der Waals surface area contributed by atoms with Gasteiger partial charge in [0.2, 0.25) is 0 Å². The van der Waals surface area contributed by atoms with Crippen molar-refractivity contribution >= 4 is 28.9 Å². The largest absolute Gasteiger partial charge is 0.388 e. The molecule has 2 nitrogen and oxygen atoms in total. The van der Waals surface area contributed by atoms with E-state index in [1.807, 2.05) is 25.2 Å². The van der Waals surface area contributed by atoms with Crippen LogP contribution >= 0.6 is 23.2 Å². The van der Waals surface area contributed by atoms with Crippen molar-refractivity contribution in [1.29, 1.82) is 0 Å². The van der Waals surface area contributed by atoms with Crippen LogP contribution in [0.5, 0.6) is 0 Å². The van der Waals surface area contributed by atoms with Crippen molar-refractivity contribution in [2.45, 2.75) is 25.7 Å². The van der Waals surface area contributed by atoms with E-state index in [-0.39, 0.29) is 0 Å². The molecule has 0 aliphatic carbocycles. The number of halogens is 2. The van der Waals surface area contributed by atoms with Crippen LogP contribution in [-0.2, 0) is 12.8 Å². The molecule has 0 saturated heterocycles. The van der Waals surface area contributed by atoms with E-state index in [4.69, 9.17) is 23.2 Å². The Morgan fingerprint density at radius 2 is 1.39 bits per heavy atom. The molecule has 0 unspecified atom stereocenters. The van der Waals surface area contributed by atoms with Crippen LogP contribution < -0.4 is 10.6 Å². The second kappa shape index (κ2) is 9.82. The molecule has 0 aliphatic rings. The molecule has 4 heteroatoms. The van der Waals surface area contributed by atoms with E-state index in [2.05, 4.69) is 34.9 Å². The summed E-state index contributed by atoms with van der Waals surface area (Å²) >= 11 is 11.9. The first-order chi connectivity index (χ1) is 11.2. The summed E-state index contributed by atoms with van der Waals surface area (Å²) < 4.78 is 0. The van der Waals surface area contributed by atoms with E-state index in [9.17, 15) is 0 Å². The Balaban J connectivity index is 1.56. The molecule has 0 aliphatic heterocycles. The molecule has 23 heavy (non-hydrogen) atoms. The lowest BCUT2D eigenvalue weighted by Crippen LogP contribution is -2.17. The van der Waals surface area contributed by atoms with E-state index in [0.717, 1.165) is 44.5 Å². The fourth-order valence-corrected chi connectivity index (χ4v) is 2.81. The van der Waals surface area contributed by atoms with E-state index >= 15 is 0 Å². The molecule has 0 aromatic heterocycles. The van der Waals surface area contributed by atoms with Crippen molar-refractivity contribution in [3.05, 3.63) is 63.6 Å². The topological polar surface area (TPSA) is 24.1 Å². The van der Waals surface area contributed by atoms with Gasteiger partial charge in [0.1, 0.15) is 0 Å². The number of nitrogens with one attached hydrogen (secondary N) is 2. The lowest BCUT2D eigenvalue weighted by Gasteiger charge is -2.07. The molecule has 124 valence electrons. The van der Waals surface area contributed by atoms with Crippen molar-refractivity contribution in [3.8, 4) is 0 Å². The normalized spacial score (nSPS) is 10.7. The second-order valence-electron chi connectivity index (χ2n) is 5.65. The van der Waals surface area contributed by atoms with Crippen molar-refractivity contribution < 1.29 is 0 Å². The molecular formula is C19H24Cl2N2. The first-order valence-corrected chi connectivity index (χ1v) is 8.86. The highest BCUT2D eigenvalue weighted by atomic mass is 35.5. The van der Waals surface area contributed by atoms with Gasteiger partial charge in [-0.15, -0.1) is 0 Å². The van der Waals surface area contributed by atoms with Gasteiger partial charge >= 0.3 is 0 Å². The van der Waals surface area contributed by atoms with Crippen molar-refractivity contribution in [2.24, 2.45) is 0 Å². The molecule has 0 radical (unpaired) electrons. The second-order valence-corrected chi connectivity index (χ2v) is 6.47. The van der Waals surface area contributed by atoms with Crippen LogP contribution in [0.2, 0.25) is 10.0 Å². The Hall–Kier alpha value is -1.22. The van der Waals surface area contributed by atoms with Gasteiger partial charge in [0.05, 0.1) is 10.0 Å². The molecule has 0 heterocycles. The Bertz CT molecular complexity index is 597. The SMILES string of the molecule is CNc1ccc(CCCNCCCc2ccc(Cl)c(Cl)c2)cc1. The van der Waals surface area contributed by atoms with Gasteiger partial charge in [0, 0.05) is 12.7 Å². The summed E-state index contributed by atoms with van der Waals surface area (Å²) in [6.07, 6.45) is 4.40. The minimum absolute atomic E-state index is 0.622. The third-order valence-corrected chi connectivity index (χ3v) is 4.60. The smallest absolute Gasteiger partial charge is 0.0595 e. The minimum Gasteiger partial charge on any atom is -0.388 e. The first kappa shape index (κ1) is 18.1. The molecular weight excluding hydrogens is 327 g/mol. The highest BCUT2D eigenvalue weighted by Gasteiger charge is 1.99. The lowest BCUT2D eigenvalue weighted by atomic mass is 10.1. The Morgan fingerprint density at radius 3 is 2.00 bits per heavy atom. The number of hydrogen-bond donors (Lipinski definition) is 2. The van der Waals surface area contributed by atoms with Crippen molar-refractivity contribution in [1.82, 2.24) is 5.32 Å². The molecule has 0 spiro atoms. The average Bonchev–Trinajstić information content (AvgIpc) is 2.57. The fraction of sp³-hybridized carbons (Fsp3) is 0.368. The van der Waals surface area contributed by atoms with Crippen LogP contribution in [0.3, 0.4) is 0 Å². The van der Waals surface area contributed by atoms with Gasteiger partial charge in [-0.3, -0.25) is 0 Å². The number of anilines is 1. The zero-order valence-electron chi connectivity index (χ0n) is 13.5. The fourth-order valence-electron chi connectivity index (χ4n) is 2.49. The van der Waals surface area contributed by atoms with E-state index in [1.54, 1.807) is 0 Å². The third-order valence-electron chi connectivity index (χ3n) is 3.86. The summed E-state index contributed by atoms with van der Waals surface area (Å²) in [6.45, 7) is 2.08. The van der Waals surface area contributed by atoms with Crippen LogP contribution in [0.1, 0.15) is 24.0 Å². The number of aryl methyl sites for hydroxylation is 2. The Morgan fingerprint density at radius 1 is 0.783 bits per heavy atom. The highest BCUT2D eigenvalue weighted by Crippen LogP contribution is 2.23. The number of rotatable bonds is 9. The van der Waals surface area contributed by atoms with Crippen LogP contribution in [-0.4, -0.2) is 20.1 Å². The maximum Gasteiger partial charge on any atom is 0.0595 e. The Kier molecular flexibility index (Phi) is 7.73. The van der Waals surface area contributed by atoms with Crippen LogP contribution in [0.4, 0.5) is 5.69 Å². The molecule has 2 rings (SSSR count). The van der Waals surface area contributed by atoms with Crippen LogP contribution in [0, 0.1) is 0 Å². The van der Waals surface area contributed by atoms with Crippen LogP contribution in [0.15, 0.2) is 42.5 Å². The summed E-state index contributed by atoms with van der Waals surface area (Å²) in [7, 11) is 1.94. The molecule has 2 aromatic rings. The molecule has 0 fully saturated rings. The quantitative estimate of drug-likeness (QED) is 0.608. The van der Waals surface area contributed by atoms with Gasteiger partial charge in [-0.05, 0) is 74.2 Å². The molecule has 0 amide bonds. The standard InChI is InChI=1S/C19H24Cl2N2/c1-22-17-9-6-15(7-10-17)4-2-12-23-13-3-5-16-8-11-18(20)19(21)14-16/h6-11,14,22-23H,2-5,12-13H2,1H3. The monoisotopic (exact) mass is 350 g/mol. The third kappa shape index (κ3) is 6.42. The predicted octanol–water partition coefficient (Wildman–Crippen LogP) is 5.19. The summed E-state index contributed by atoms with van der Waals surface area (Å²) in [4.78, 5) is 0. The van der Waals surface area contributed by atoms with E-state index < -0.39 is 0 Å². The molecule has 0 atom stereocenters. The summed E-state index contributed by atoms with van der Waals surface area (Å²) in [6, 6.07) is 14.5. The number of hydrogen-bond acceptors (Lipinski definition) is 2. The maximum absolute atomic E-state index is 6.02. The summed E-state index contributed by atoms with van der Waals surface area (Å²) in [5.74, 6) is 0. The Labute approximate surface area is 149 Å². The van der Waals surface area contributed by atoms with Crippen molar-refractivity contribution in [2.75, 3.05) is 25.5 Å². The van der Waals surface area contributed by atoms with Gasteiger partial charge in [-0.1, -0.05) is 41.4 Å². The zero-order valence-corrected chi connectivity index (χ0v) is 15.1. The van der Waals surface area contributed by atoms with Gasteiger partial charge in [0.15, 0.2) is 0 Å². The molecule has 0 bridgehead atoms. The maximum atomic E-state index is 6.02. The first-order valence-electron chi connectivity index (χ1n) is 8.10. The van der Waals surface area contributed by atoms with E-state index in [1.165, 1.54) is 11.1 Å². The summed E-state index contributed by atoms with van der Waals surface area (Å²) in [5.41, 5.74) is 3.79. The van der Waals surface area contributed by atoms with Gasteiger partial charge < -0.3 is 10.6 Å². The van der Waals surface area contributed by atoms with Crippen LogP contribution in [0.25, 0.3) is 0 Å². The predicted molar refractivity (Wildman–Crippen MR) is 102 cm³/mol. The number of benzene rings is 2. The molecule has 0 saturated carbocycles. The molecule has 2 N–H and O–H groups in total.